The van der Waals surface area contributed by atoms with Gasteiger partial charge in [-0.1, -0.05) is 12.1 Å². The molecule has 1 aromatic rings. The second kappa shape index (κ2) is 6.53. The highest BCUT2D eigenvalue weighted by atomic mass is 127. The number of rotatable bonds is 4. The zero-order chi connectivity index (χ0) is 13.2. The number of nitrogens with zero attached hydrogens (tertiary/aromatic N) is 1. The summed E-state index contributed by atoms with van der Waals surface area (Å²) in [5.41, 5.74) is 6.56. The minimum Gasteiger partial charge on any atom is -0.370 e. The Morgan fingerprint density at radius 2 is 1.89 bits per heavy atom. The van der Waals surface area contributed by atoms with E-state index in [0.29, 0.717) is 18.5 Å². The summed E-state index contributed by atoms with van der Waals surface area (Å²) in [5, 5.41) is 8.08. The van der Waals surface area contributed by atoms with Crippen LogP contribution >= 0.6 is 24.0 Å². The minimum atomic E-state index is -3.63. The van der Waals surface area contributed by atoms with Crippen molar-refractivity contribution in [1.29, 1.82) is 0 Å². The molecule has 106 valence electrons. The number of benzene rings is 1. The predicted molar refractivity (Wildman–Crippen MR) is 84.7 cm³/mol. The molecule has 0 bridgehead atoms. The molecule has 1 fully saturated rings. The van der Waals surface area contributed by atoms with Crippen LogP contribution in [0.15, 0.2) is 34.2 Å². The van der Waals surface area contributed by atoms with Gasteiger partial charge in [0.05, 0.1) is 11.4 Å². The fourth-order valence-corrected chi connectivity index (χ4v) is 1.96. The second-order valence-electron chi connectivity index (χ2n) is 4.31. The van der Waals surface area contributed by atoms with Crippen LogP contribution in [0.25, 0.3) is 0 Å². The van der Waals surface area contributed by atoms with E-state index in [9.17, 15) is 8.42 Å². The van der Waals surface area contributed by atoms with E-state index in [1.165, 1.54) is 12.1 Å². The van der Waals surface area contributed by atoms with Gasteiger partial charge < -0.3 is 11.1 Å². The molecule has 2 rings (SSSR count). The fourth-order valence-electron chi connectivity index (χ4n) is 1.44. The Balaban J connectivity index is 0.00000180. The van der Waals surface area contributed by atoms with Gasteiger partial charge >= 0.3 is 0 Å². The quantitative estimate of drug-likeness (QED) is 0.392. The smallest absolute Gasteiger partial charge is 0.238 e. The van der Waals surface area contributed by atoms with Gasteiger partial charge in [0.1, 0.15) is 0 Å². The van der Waals surface area contributed by atoms with E-state index in [2.05, 4.69) is 10.3 Å². The summed E-state index contributed by atoms with van der Waals surface area (Å²) in [6, 6.07) is 6.75. The molecule has 0 unspecified atom stereocenters. The predicted octanol–water partition coefficient (Wildman–Crippen LogP) is 0.519. The summed E-state index contributed by atoms with van der Waals surface area (Å²) >= 11 is 0. The van der Waals surface area contributed by atoms with E-state index in [0.717, 1.165) is 18.4 Å². The minimum absolute atomic E-state index is 0. The number of halogens is 1. The van der Waals surface area contributed by atoms with E-state index in [-0.39, 0.29) is 28.9 Å². The summed E-state index contributed by atoms with van der Waals surface area (Å²) in [7, 11) is -3.63. The van der Waals surface area contributed by atoms with Gasteiger partial charge in [0.15, 0.2) is 5.96 Å². The maximum atomic E-state index is 11.1. The summed E-state index contributed by atoms with van der Waals surface area (Å²) in [6.45, 7) is 0.413. The van der Waals surface area contributed by atoms with Crippen molar-refractivity contribution in [1.82, 2.24) is 5.32 Å². The lowest BCUT2D eigenvalue weighted by atomic mass is 10.2. The van der Waals surface area contributed by atoms with Crippen LogP contribution in [-0.4, -0.2) is 20.4 Å². The van der Waals surface area contributed by atoms with Crippen molar-refractivity contribution in [2.45, 2.75) is 30.3 Å². The Morgan fingerprint density at radius 3 is 2.37 bits per heavy atom. The molecule has 19 heavy (non-hydrogen) atoms. The molecule has 0 spiro atoms. The monoisotopic (exact) mass is 396 g/mol. The van der Waals surface area contributed by atoms with E-state index >= 15 is 0 Å². The van der Waals surface area contributed by atoms with Gasteiger partial charge in [0.25, 0.3) is 0 Å². The molecule has 8 heteroatoms. The number of sulfonamides is 1. The van der Waals surface area contributed by atoms with Gasteiger partial charge in [-0.25, -0.2) is 18.5 Å². The summed E-state index contributed by atoms with van der Waals surface area (Å²) in [4.78, 5) is 4.27. The number of aliphatic imine (C=N–C) groups is 1. The highest BCUT2D eigenvalue weighted by Crippen LogP contribution is 2.18. The largest absolute Gasteiger partial charge is 0.370 e. The van der Waals surface area contributed by atoms with Crippen LogP contribution in [0.4, 0.5) is 0 Å². The zero-order valence-corrected chi connectivity index (χ0v) is 13.4. The third kappa shape index (κ3) is 5.33. The molecule has 5 N–H and O–H groups in total. The van der Waals surface area contributed by atoms with Crippen molar-refractivity contribution in [2.24, 2.45) is 15.9 Å². The number of nitrogens with two attached hydrogens (primary N) is 2. The molecule has 1 saturated carbocycles. The highest BCUT2D eigenvalue weighted by molar-refractivity contribution is 14.0. The molecule has 0 aliphatic heterocycles. The maximum absolute atomic E-state index is 11.1. The third-order valence-electron chi connectivity index (χ3n) is 2.61. The standard InChI is InChI=1S/C11H16N4O2S.HI/c12-11(15-9-3-4-9)14-7-8-1-5-10(6-2-8)18(13,16)17;/h1-2,5-6,9H,3-4,7H2,(H3,12,14,15)(H2,13,16,17);1H. The van der Waals surface area contributed by atoms with E-state index in [4.69, 9.17) is 10.9 Å². The number of guanidine groups is 1. The van der Waals surface area contributed by atoms with Gasteiger partial charge in [-0.05, 0) is 30.5 Å². The Hall–Kier alpha value is -0.870. The average molecular weight is 396 g/mol. The van der Waals surface area contributed by atoms with Crippen LogP contribution in [0.5, 0.6) is 0 Å². The molecule has 0 atom stereocenters. The molecule has 1 aliphatic rings. The molecule has 0 radical (unpaired) electrons. The molecule has 0 aromatic heterocycles. The maximum Gasteiger partial charge on any atom is 0.238 e. The van der Waals surface area contributed by atoms with Gasteiger partial charge in [-0.3, -0.25) is 0 Å². The number of hydrogen-bond acceptors (Lipinski definition) is 3. The van der Waals surface area contributed by atoms with Crippen molar-refractivity contribution in [3.05, 3.63) is 29.8 Å². The van der Waals surface area contributed by atoms with E-state index < -0.39 is 10.0 Å². The molecular weight excluding hydrogens is 379 g/mol. The lowest BCUT2D eigenvalue weighted by molar-refractivity contribution is 0.598. The summed E-state index contributed by atoms with van der Waals surface area (Å²) in [5.74, 6) is 0.424. The first-order chi connectivity index (χ1) is 8.45. The van der Waals surface area contributed by atoms with Crippen LogP contribution in [-0.2, 0) is 16.6 Å². The van der Waals surface area contributed by atoms with Crippen molar-refractivity contribution >= 4 is 40.0 Å². The summed E-state index contributed by atoms with van der Waals surface area (Å²) in [6.07, 6.45) is 2.28. The van der Waals surface area contributed by atoms with Crippen LogP contribution in [0, 0.1) is 0 Å². The van der Waals surface area contributed by atoms with Gasteiger partial charge in [-0.2, -0.15) is 0 Å². The Labute approximate surface area is 129 Å². The normalized spacial score (nSPS) is 15.7. The van der Waals surface area contributed by atoms with Crippen molar-refractivity contribution in [3.8, 4) is 0 Å². The van der Waals surface area contributed by atoms with Gasteiger partial charge in [0, 0.05) is 6.04 Å². The molecule has 0 heterocycles. The zero-order valence-electron chi connectivity index (χ0n) is 10.2. The van der Waals surface area contributed by atoms with Crippen LogP contribution in [0.3, 0.4) is 0 Å². The van der Waals surface area contributed by atoms with Crippen molar-refractivity contribution in [3.63, 3.8) is 0 Å². The van der Waals surface area contributed by atoms with Crippen LogP contribution in [0.2, 0.25) is 0 Å². The second-order valence-corrected chi connectivity index (χ2v) is 5.87. The number of nitrogens with one attached hydrogen (secondary N) is 1. The molecule has 1 aromatic carbocycles. The number of hydrogen-bond donors (Lipinski definition) is 3. The lowest BCUT2D eigenvalue weighted by Crippen LogP contribution is -2.33. The van der Waals surface area contributed by atoms with Gasteiger partial charge in [0.2, 0.25) is 10.0 Å². The average Bonchev–Trinajstić information content (AvgIpc) is 3.10. The first-order valence-electron chi connectivity index (χ1n) is 5.63. The van der Waals surface area contributed by atoms with E-state index in [1.54, 1.807) is 12.1 Å². The third-order valence-corrected chi connectivity index (χ3v) is 3.54. The molecular formula is C11H17IN4O2S. The van der Waals surface area contributed by atoms with E-state index in [1.807, 2.05) is 0 Å². The molecule has 0 amide bonds. The Bertz CT molecular complexity index is 553. The first kappa shape index (κ1) is 16.2. The topological polar surface area (TPSA) is 111 Å². The van der Waals surface area contributed by atoms with Gasteiger partial charge in [-0.15, -0.1) is 24.0 Å². The van der Waals surface area contributed by atoms with Crippen LogP contribution < -0.4 is 16.2 Å². The first-order valence-corrected chi connectivity index (χ1v) is 7.18. The van der Waals surface area contributed by atoms with Crippen LogP contribution in [0.1, 0.15) is 18.4 Å². The molecule has 0 saturated heterocycles. The fraction of sp³-hybridized carbons (Fsp3) is 0.364. The Morgan fingerprint density at radius 1 is 1.32 bits per heavy atom. The molecule has 1 aliphatic carbocycles. The highest BCUT2D eigenvalue weighted by Gasteiger charge is 2.21. The summed E-state index contributed by atoms with van der Waals surface area (Å²) < 4.78 is 22.1. The Kier molecular flexibility index (Phi) is 5.56. The molecule has 6 nitrogen and oxygen atoms in total. The van der Waals surface area contributed by atoms with Crippen molar-refractivity contribution < 1.29 is 8.42 Å². The lowest BCUT2D eigenvalue weighted by Gasteiger charge is -2.03. The number of primary sulfonamides is 1. The van der Waals surface area contributed by atoms with Crippen molar-refractivity contribution in [2.75, 3.05) is 0 Å². The SMILES string of the molecule is I.NC(=NCc1ccc(S(N)(=O)=O)cc1)NC1CC1.